The van der Waals surface area contributed by atoms with Crippen molar-refractivity contribution in [2.24, 2.45) is 5.10 Å². The maximum atomic E-state index is 10.7. The number of nitrogens with one attached hydrogen (secondary N) is 1. The van der Waals surface area contributed by atoms with Crippen molar-refractivity contribution in [3.05, 3.63) is 102 Å². The highest BCUT2D eigenvalue weighted by Gasteiger charge is 2.17. The Labute approximate surface area is 135 Å². The molecule has 0 amide bonds. The minimum absolute atomic E-state index is 0.584. The van der Waals surface area contributed by atoms with Gasteiger partial charge in [-0.3, -0.25) is 5.43 Å². The fraction of sp³-hybridized carbons (Fsp3) is 0.0500. The van der Waals surface area contributed by atoms with Gasteiger partial charge >= 0.3 is 0 Å². The minimum Gasteiger partial charge on any atom is -0.382 e. The summed E-state index contributed by atoms with van der Waals surface area (Å²) in [4.78, 5) is 0. The third-order valence-corrected chi connectivity index (χ3v) is 3.52. The zero-order valence-corrected chi connectivity index (χ0v) is 12.6. The Morgan fingerprint density at radius 3 is 1.87 bits per heavy atom. The van der Waals surface area contributed by atoms with Crippen molar-refractivity contribution < 1.29 is 5.11 Å². The largest absolute Gasteiger partial charge is 0.382 e. The highest BCUT2D eigenvalue weighted by molar-refractivity contribution is 6.04. The van der Waals surface area contributed by atoms with Gasteiger partial charge < -0.3 is 5.11 Å². The van der Waals surface area contributed by atoms with E-state index in [4.69, 9.17) is 0 Å². The molecule has 1 atom stereocenters. The molecule has 0 saturated carbocycles. The number of rotatable bonds is 5. The van der Waals surface area contributed by atoms with Crippen LogP contribution in [0.5, 0.6) is 0 Å². The average Bonchev–Trinajstić information content (AvgIpc) is 2.64. The number of aliphatic hydroxyl groups excluding tert-OH is 1. The van der Waals surface area contributed by atoms with Crippen molar-refractivity contribution in [2.75, 3.05) is 5.43 Å². The van der Waals surface area contributed by atoms with E-state index >= 15 is 0 Å². The van der Waals surface area contributed by atoms with E-state index in [9.17, 15) is 5.11 Å². The van der Waals surface area contributed by atoms with Crippen LogP contribution >= 0.6 is 0 Å². The molecular formula is C20H18N2O. The maximum absolute atomic E-state index is 10.7. The van der Waals surface area contributed by atoms with Gasteiger partial charge in [-0.25, -0.2) is 0 Å². The smallest absolute Gasteiger partial charge is 0.123 e. The van der Waals surface area contributed by atoms with E-state index in [-0.39, 0.29) is 0 Å². The van der Waals surface area contributed by atoms with Crippen molar-refractivity contribution in [1.82, 2.24) is 0 Å². The average molecular weight is 302 g/mol. The summed E-state index contributed by atoms with van der Waals surface area (Å²) in [6, 6.07) is 28.9. The lowest BCUT2D eigenvalue weighted by atomic mass is 9.99. The molecule has 0 radical (unpaired) electrons. The van der Waals surface area contributed by atoms with E-state index in [0.717, 1.165) is 16.8 Å². The van der Waals surface area contributed by atoms with Gasteiger partial charge in [0, 0.05) is 5.56 Å². The Hall–Kier alpha value is -2.91. The lowest BCUT2D eigenvalue weighted by Gasteiger charge is -2.15. The van der Waals surface area contributed by atoms with E-state index in [1.165, 1.54) is 0 Å². The zero-order valence-electron chi connectivity index (χ0n) is 12.6. The SMILES string of the molecule is O[C@@H](/C(=N/Nc1ccccc1)c1ccccc1)c1ccccc1. The maximum Gasteiger partial charge on any atom is 0.123 e. The van der Waals surface area contributed by atoms with Gasteiger partial charge in [0.15, 0.2) is 0 Å². The first-order chi connectivity index (χ1) is 11.3. The van der Waals surface area contributed by atoms with Gasteiger partial charge in [-0.15, -0.1) is 0 Å². The summed E-state index contributed by atoms with van der Waals surface area (Å²) in [5.41, 5.74) is 6.17. The Kier molecular flexibility index (Phi) is 4.82. The molecule has 0 aliphatic rings. The van der Waals surface area contributed by atoms with Crippen LogP contribution in [0, 0.1) is 0 Å². The van der Waals surface area contributed by atoms with Crippen molar-refractivity contribution in [2.45, 2.75) is 6.10 Å². The van der Waals surface area contributed by atoms with Crippen LogP contribution < -0.4 is 5.43 Å². The molecule has 0 bridgehead atoms. The Bertz CT molecular complexity index is 755. The van der Waals surface area contributed by atoms with Crippen LogP contribution in [0.4, 0.5) is 5.69 Å². The van der Waals surface area contributed by atoms with Crippen LogP contribution in [0.3, 0.4) is 0 Å². The van der Waals surface area contributed by atoms with Crippen LogP contribution in [0.25, 0.3) is 0 Å². The number of hydrogen-bond acceptors (Lipinski definition) is 3. The zero-order chi connectivity index (χ0) is 15.9. The van der Waals surface area contributed by atoms with Gasteiger partial charge in [-0.05, 0) is 17.7 Å². The van der Waals surface area contributed by atoms with Crippen LogP contribution in [-0.2, 0) is 0 Å². The molecular weight excluding hydrogens is 284 g/mol. The standard InChI is InChI=1S/C20H18N2O/c23-20(17-12-6-2-7-13-17)19(16-10-4-1-5-11-16)22-21-18-14-8-3-9-15-18/h1-15,20-21,23H/b22-19+/t20-/m1/s1. The quantitative estimate of drug-likeness (QED) is 0.547. The van der Waals surface area contributed by atoms with E-state index in [0.29, 0.717) is 5.71 Å². The molecule has 0 aliphatic carbocycles. The van der Waals surface area contributed by atoms with E-state index in [1.807, 2.05) is 91.0 Å². The van der Waals surface area contributed by atoms with E-state index in [1.54, 1.807) is 0 Å². The number of hydrogen-bond donors (Lipinski definition) is 2. The molecule has 114 valence electrons. The first-order valence-corrected chi connectivity index (χ1v) is 7.51. The molecule has 3 nitrogen and oxygen atoms in total. The van der Waals surface area contributed by atoms with Crippen LogP contribution in [0.1, 0.15) is 17.2 Å². The molecule has 23 heavy (non-hydrogen) atoms. The third-order valence-electron chi connectivity index (χ3n) is 3.52. The summed E-state index contributed by atoms with van der Waals surface area (Å²) in [6.45, 7) is 0. The number of nitrogens with zero attached hydrogens (tertiary/aromatic N) is 1. The first-order valence-electron chi connectivity index (χ1n) is 7.51. The summed E-state index contributed by atoms with van der Waals surface area (Å²) in [7, 11) is 0. The summed E-state index contributed by atoms with van der Waals surface area (Å²) in [5.74, 6) is 0. The summed E-state index contributed by atoms with van der Waals surface area (Å²) in [5, 5.41) is 15.2. The molecule has 0 unspecified atom stereocenters. The monoisotopic (exact) mass is 302 g/mol. The van der Waals surface area contributed by atoms with E-state index in [2.05, 4.69) is 10.5 Å². The fourth-order valence-electron chi connectivity index (χ4n) is 2.32. The van der Waals surface area contributed by atoms with Gasteiger partial charge in [0.25, 0.3) is 0 Å². The number of anilines is 1. The van der Waals surface area contributed by atoms with Gasteiger partial charge in [0.1, 0.15) is 11.8 Å². The molecule has 0 aliphatic heterocycles. The molecule has 0 aromatic heterocycles. The van der Waals surface area contributed by atoms with Gasteiger partial charge in [0.2, 0.25) is 0 Å². The number of aliphatic hydroxyl groups is 1. The van der Waals surface area contributed by atoms with Crippen molar-refractivity contribution >= 4 is 11.4 Å². The molecule has 3 heteroatoms. The first kappa shape index (κ1) is 15.0. The molecule has 3 aromatic carbocycles. The fourth-order valence-corrected chi connectivity index (χ4v) is 2.32. The van der Waals surface area contributed by atoms with Gasteiger partial charge in [0.05, 0.1) is 5.69 Å². The highest BCUT2D eigenvalue weighted by Crippen LogP contribution is 2.19. The lowest BCUT2D eigenvalue weighted by Crippen LogP contribution is -2.15. The second-order valence-electron chi connectivity index (χ2n) is 5.15. The van der Waals surface area contributed by atoms with E-state index < -0.39 is 6.10 Å². The number of para-hydroxylation sites is 1. The molecule has 0 fully saturated rings. The Balaban J connectivity index is 1.94. The summed E-state index contributed by atoms with van der Waals surface area (Å²) < 4.78 is 0. The second-order valence-corrected chi connectivity index (χ2v) is 5.15. The predicted octanol–water partition coefficient (Wildman–Crippen LogP) is 4.24. The number of hydrazone groups is 1. The molecule has 3 rings (SSSR count). The topological polar surface area (TPSA) is 44.6 Å². The molecule has 0 saturated heterocycles. The summed E-state index contributed by atoms with van der Waals surface area (Å²) in [6.07, 6.45) is -0.796. The molecule has 0 spiro atoms. The normalized spacial score (nSPS) is 12.7. The predicted molar refractivity (Wildman–Crippen MR) is 94.4 cm³/mol. The summed E-state index contributed by atoms with van der Waals surface area (Å²) >= 11 is 0. The van der Waals surface area contributed by atoms with Crippen molar-refractivity contribution in [3.8, 4) is 0 Å². The van der Waals surface area contributed by atoms with Crippen LogP contribution in [-0.4, -0.2) is 10.8 Å². The van der Waals surface area contributed by atoms with Gasteiger partial charge in [-0.1, -0.05) is 78.9 Å². The van der Waals surface area contributed by atoms with Crippen LogP contribution in [0.2, 0.25) is 0 Å². The lowest BCUT2D eigenvalue weighted by molar-refractivity contribution is 0.248. The van der Waals surface area contributed by atoms with Crippen LogP contribution in [0.15, 0.2) is 96.1 Å². The minimum atomic E-state index is -0.796. The Morgan fingerprint density at radius 1 is 0.739 bits per heavy atom. The molecule has 2 N–H and O–H groups in total. The van der Waals surface area contributed by atoms with Crippen molar-refractivity contribution in [3.63, 3.8) is 0 Å². The van der Waals surface area contributed by atoms with Crippen molar-refractivity contribution in [1.29, 1.82) is 0 Å². The molecule has 3 aromatic rings. The highest BCUT2D eigenvalue weighted by atomic mass is 16.3. The third kappa shape index (κ3) is 3.84. The molecule has 0 heterocycles. The Morgan fingerprint density at radius 2 is 1.26 bits per heavy atom. The number of benzene rings is 3. The van der Waals surface area contributed by atoms with Gasteiger partial charge in [-0.2, -0.15) is 5.10 Å². The second kappa shape index (κ2) is 7.38.